The predicted octanol–water partition coefficient (Wildman–Crippen LogP) is 2.39. The maximum atomic E-state index is 12.3. The topological polar surface area (TPSA) is 69.6 Å². The van der Waals surface area contributed by atoms with Crippen LogP contribution in [-0.2, 0) is 22.4 Å². The van der Waals surface area contributed by atoms with E-state index < -0.39 is 17.9 Å². The minimum absolute atomic E-state index is 0.211. The molecular weight excluding hydrogens is 316 g/mol. The van der Waals surface area contributed by atoms with Gasteiger partial charge in [-0.05, 0) is 42.9 Å². The number of likely N-dealkylation sites (tertiary alicyclic amines) is 1. The van der Waals surface area contributed by atoms with Crippen molar-refractivity contribution < 1.29 is 14.7 Å². The van der Waals surface area contributed by atoms with Crippen molar-refractivity contribution in [1.82, 2.24) is 4.90 Å². The van der Waals surface area contributed by atoms with Crippen molar-refractivity contribution in [2.75, 3.05) is 18.4 Å². The van der Waals surface area contributed by atoms with Crippen LogP contribution in [0.2, 0.25) is 5.02 Å². The number of anilines is 1. The highest BCUT2D eigenvalue weighted by Crippen LogP contribution is 2.29. The summed E-state index contributed by atoms with van der Waals surface area (Å²) in [4.78, 5) is 26.0. The van der Waals surface area contributed by atoms with Gasteiger partial charge in [-0.15, -0.1) is 0 Å². The fourth-order valence-electron chi connectivity index (χ4n) is 2.92. The number of nitrogens with zero attached hydrogens (tertiary/aromatic N) is 1. The van der Waals surface area contributed by atoms with Crippen LogP contribution in [0.4, 0.5) is 5.69 Å². The fraction of sp³-hybridized carbons (Fsp3) is 0.529. The van der Waals surface area contributed by atoms with Crippen LogP contribution in [-0.4, -0.2) is 41.0 Å². The van der Waals surface area contributed by atoms with Gasteiger partial charge in [-0.1, -0.05) is 31.5 Å². The maximum absolute atomic E-state index is 12.3. The Bertz CT molecular complexity index is 604. The van der Waals surface area contributed by atoms with Crippen LogP contribution in [0.25, 0.3) is 0 Å². The Morgan fingerprint density at radius 3 is 2.70 bits per heavy atom. The van der Waals surface area contributed by atoms with E-state index in [1.165, 1.54) is 4.90 Å². The quantitative estimate of drug-likeness (QED) is 0.831. The molecule has 1 heterocycles. The van der Waals surface area contributed by atoms with Gasteiger partial charge in [-0.25, -0.2) is 0 Å². The smallest absolute Gasteiger partial charge is 0.313 e. The van der Waals surface area contributed by atoms with Gasteiger partial charge in [-0.3, -0.25) is 9.59 Å². The minimum Gasteiger partial charge on any atom is -0.391 e. The molecular formula is C17H23ClN2O3. The largest absolute Gasteiger partial charge is 0.391 e. The highest BCUT2D eigenvalue weighted by atomic mass is 35.5. The van der Waals surface area contributed by atoms with Crippen molar-refractivity contribution in [3.63, 3.8) is 0 Å². The zero-order valence-electron chi connectivity index (χ0n) is 13.6. The summed E-state index contributed by atoms with van der Waals surface area (Å²) in [6.45, 7) is 4.66. The number of aliphatic hydroxyl groups is 1. The molecule has 0 spiro atoms. The lowest BCUT2D eigenvalue weighted by molar-refractivity contribution is -0.145. The molecule has 0 bridgehead atoms. The van der Waals surface area contributed by atoms with E-state index in [1.807, 2.05) is 26.0 Å². The molecule has 1 aliphatic rings. The van der Waals surface area contributed by atoms with Crippen LogP contribution in [0, 0.1) is 0 Å². The van der Waals surface area contributed by atoms with E-state index in [9.17, 15) is 14.7 Å². The number of piperidine rings is 1. The molecule has 23 heavy (non-hydrogen) atoms. The number of carbonyl (C=O) groups excluding carboxylic acids is 2. The molecule has 1 atom stereocenters. The van der Waals surface area contributed by atoms with Gasteiger partial charge in [0.1, 0.15) is 0 Å². The van der Waals surface area contributed by atoms with Gasteiger partial charge in [0, 0.05) is 23.8 Å². The summed E-state index contributed by atoms with van der Waals surface area (Å²) < 4.78 is 0. The van der Waals surface area contributed by atoms with Gasteiger partial charge in [0.25, 0.3) is 0 Å². The summed E-state index contributed by atoms with van der Waals surface area (Å²) in [6.07, 6.45) is 2.22. The van der Waals surface area contributed by atoms with Gasteiger partial charge in [0.2, 0.25) is 0 Å². The van der Waals surface area contributed by atoms with Gasteiger partial charge in [0.05, 0.1) is 6.10 Å². The molecule has 1 aliphatic heterocycles. The first kappa shape index (κ1) is 17.8. The van der Waals surface area contributed by atoms with Crippen LogP contribution in [0.15, 0.2) is 12.1 Å². The number of hydrogen-bond donors (Lipinski definition) is 2. The second kappa shape index (κ2) is 7.79. The number of benzene rings is 1. The number of aliphatic hydroxyl groups excluding tert-OH is 1. The number of aryl methyl sites for hydroxylation is 1. The van der Waals surface area contributed by atoms with Crippen LogP contribution in [0.1, 0.15) is 37.8 Å². The molecule has 1 saturated heterocycles. The average molecular weight is 339 g/mol. The highest BCUT2D eigenvalue weighted by Gasteiger charge is 2.27. The Hall–Kier alpha value is -1.59. The number of β-amino-alcohol motifs (C(OH)–C–C–N with tert-alkyl or cyclic N) is 1. The number of hydrogen-bond acceptors (Lipinski definition) is 3. The molecule has 0 saturated carbocycles. The Labute approximate surface area is 141 Å². The van der Waals surface area contributed by atoms with Crippen LogP contribution >= 0.6 is 11.6 Å². The van der Waals surface area contributed by atoms with Gasteiger partial charge < -0.3 is 15.3 Å². The molecule has 1 aromatic carbocycles. The number of carbonyl (C=O) groups is 2. The molecule has 2 amide bonds. The minimum atomic E-state index is -0.675. The van der Waals surface area contributed by atoms with E-state index >= 15 is 0 Å². The van der Waals surface area contributed by atoms with E-state index in [-0.39, 0.29) is 6.54 Å². The second-order valence-corrected chi connectivity index (χ2v) is 6.18. The summed E-state index contributed by atoms with van der Waals surface area (Å²) in [7, 11) is 0. The molecule has 0 aliphatic carbocycles. The third kappa shape index (κ3) is 4.03. The van der Waals surface area contributed by atoms with E-state index in [2.05, 4.69) is 5.32 Å². The SMILES string of the molecule is CCc1ccc(Cl)c(CC)c1NC(=O)C(=O)N1CCCC(O)C1. The summed E-state index contributed by atoms with van der Waals surface area (Å²) in [5.41, 5.74) is 2.43. The maximum Gasteiger partial charge on any atom is 0.313 e. The Balaban J connectivity index is 2.19. The number of halogens is 1. The molecule has 1 unspecified atom stereocenters. The lowest BCUT2D eigenvalue weighted by Crippen LogP contribution is -2.46. The van der Waals surface area contributed by atoms with E-state index in [4.69, 9.17) is 11.6 Å². The lowest BCUT2D eigenvalue weighted by Gasteiger charge is -2.29. The van der Waals surface area contributed by atoms with Crippen molar-refractivity contribution in [2.24, 2.45) is 0 Å². The van der Waals surface area contributed by atoms with Crippen molar-refractivity contribution >= 4 is 29.1 Å². The summed E-state index contributed by atoms with van der Waals surface area (Å²) in [5, 5.41) is 13.0. The van der Waals surface area contributed by atoms with E-state index in [0.717, 1.165) is 17.5 Å². The summed E-state index contributed by atoms with van der Waals surface area (Å²) >= 11 is 6.21. The molecule has 2 N–H and O–H groups in total. The van der Waals surface area contributed by atoms with Gasteiger partial charge >= 0.3 is 11.8 Å². The molecule has 126 valence electrons. The predicted molar refractivity (Wildman–Crippen MR) is 90.7 cm³/mol. The zero-order valence-corrected chi connectivity index (χ0v) is 14.3. The fourth-order valence-corrected chi connectivity index (χ4v) is 3.21. The highest BCUT2D eigenvalue weighted by molar-refractivity contribution is 6.40. The second-order valence-electron chi connectivity index (χ2n) is 5.77. The van der Waals surface area contributed by atoms with E-state index in [0.29, 0.717) is 36.5 Å². The molecule has 2 rings (SSSR count). The monoisotopic (exact) mass is 338 g/mol. The number of rotatable bonds is 3. The van der Waals surface area contributed by atoms with E-state index in [1.54, 1.807) is 0 Å². The van der Waals surface area contributed by atoms with Crippen molar-refractivity contribution in [3.8, 4) is 0 Å². The van der Waals surface area contributed by atoms with Crippen LogP contribution in [0.3, 0.4) is 0 Å². The molecule has 5 nitrogen and oxygen atoms in total. The van der Waals surface area contributed by atoms with Crippen LogP contribution < -0.4 is 5.32 Å². The van der Waals surface area contributed by atoms with Crippen molar-refractivity contribution in [3.05, 3.63) is 28.3 Å². The molecule has 1 aromatic rings. The standard InChI is InChI=1S/C17H23ClN2O3/c1-3-11-7-8-14(18)13(4-2)15(11)19-16(22)17(23)20-9-5-6-12(21)10-20/h7-8,12,21H,3-6,9-10H2,1-2H3,(H,19,22). The van der Waals surface area contributed by atoms with Gasteiger partial charge in [-0.2, -0.15) is 0 Å². The van der Waals surface area contributed by atoms with Gasteiger partial charge in [0.15, 0.2) is 0 Å². The Morgan fingerprint density at radius 2 is 2.09 bits per heavy atom. The Morgan fingerprint density at radius 1 is 1.35 bits per heavy atom. The number of nitrogens with one attached hydrogen (secondary N) is 1. The van der Waals surface area contributed by atoms with Crippen molar-refractivity contribution in [2.45, 2.75) is 45.6 Å². The molecule has 0 radical (unpaired) electrons. The lowest BCUT2D eigenvalue weighted by atomic mass is 10.0. The van der Waals surface area contributed by atoms with Crippen molar-refractivity contribution in [1.29, 1.82) is 0 Å². The summed E-state index contributed by atoms with van der Waals surface area (Å²) in [5.74, 6) is -1.28. The molecule has 1 fully saturated rings. The Kier molecular flexibility index (Phi) is 6.02. The molecule has 6 heteroatoms. The first-order valence-electron chi connectivity index (χ1n) is 8.06. The van der Waals surface area contributed by atoms with Crippen LogP contribution in [0.5, 0.6) is 0 Å². The normalized spacial score (nSPS) is 17.9. The average Bonchev–Trinajstić information content (AvgIpc) is 2.54. The number of amides is 2. The first-order valence-corrected chi connectivity index (χ1v) is 8.44. The zero-order chi connectivity index (χ0) is 17.0. The summed E-state index contributed by atoms with van der Waals surface area (Å²) in [6, 6.07) is 3.68. The third-order valence-electron chi connectivity index (χ3n) is 4.19. The molecule has 0 aromatic heterocycles. The third-order valence-corrected chi connectivity index (χ3v) is 4.55. The first-order chi connectivity index (χ1) is 11.0.